The van der Waals surface area contributed by atoms with E-state index in [1.54, 1.807) is 4.90 Å². The number of amides is 3. The summed E-state index contributed by atoms with van der Waals surface area (Å²) < 4.78 is 0. The number of piperazine rings is 1. The molecule has 2 aromatic rings. The summed E-state index contributed by atoms with van der Waals surface area (Å²) in [6, 6.07) is 13.3. The van der Waals surface area contributed by atoms with Crippen LogP contribution >= 0.6 is 0 Å². The number of piperidine rings is 1. The first kappa shape index (κ1) is 20.7. The van der Waals surface area contributed by atoms with E-state index >= 15 is 0 Å². The van der Waals surface area contributed by atoms with Crippen LogP contribution in [0.15, 0.2) is 42.5 Å². The Morgan fingerprint density at radius 2 is 1.73 bits per heavy atom. The Kier molecular flexibility index (Phi) is 6.53. The summed E-state index contributed by atoms with van der Waals surface area (Å²) in [6.45, 7) is 7.22. The van der Waals surface area contributed by atoms with Crippen molar-refractivity contribution in [3.05, 3.63) is 42.5 Å². The highest BCUT2D eigenvalue weighted by Gasteiger charge is 2.34. The van der Waals surface area contributed by atoms with Gasteiger partial charge >= 0.3 is 6.03 Å². The molecule has 0 radical (unpaired) electrons. The van der Waals surface area contributed by atoms with Gasteiger partial charge in [0.1, 0.15) is 6.04 Å². The second kappa shape index (κ2) is 9.47. The van der Waals surface area contributed by atoms with Crippen LogP contribution in [0.5, 0.6) is 0 Å². The molecule has 30 heavy (non-hydrogen) atoms. The number of carbonyl (C=O) groups is 2. The summed E-state index contributed by atoms with van der Waals surface area (Å²) in [5, 5.41) is 5.18. The molecular formula is C24H32N4O2. The monoisotopic (exact) mass is 408 g/mol. The van der Waals surface area contributed by atoms with Crippen LogP contribution in [0.2, 0.25) is 0 Å². The van der Waals surface area contributed by atoms with Gasteiger partial charge in [-0.1, -0.05) is 36.8 Å². The normalized spacial score (nSPS) is 20.6. The second-order valence-corrected chi connectivity index (χ2v) is 8.44. The Morgan fingerprint density at radius 3 is 2.53 bits per heavy atom. The van der Waals surface area contributed by atoms with Gasteiger partial charge < -0.3 is 20.0 Å². The molecule has 0 bridgehead atoms. The van der Waals surface area contributed by atoms with Crippen molar-refractivity contribution in [3.8, 4) is 0 Å². The van der Waals surface area contributed by atoms with Crippen molar-refractivity contribution in [3.63, 3.8) is 0 Å². The molecule has 2 aromatic carbocycles. The van der Waals surface area contributed by atoms with Crippen molar-refractivity contribution < 1.29 is 9.59 Å². The van der Waals surface area contributed by atoms with Gasteiger partial charge in [0.05, 0.1) is 0 Å². The number of likely N-dealkylation sites (tertiary alicyclic amines) is 1. The Bertz CT molecular complexity index is 894. The molecule has 2 saturated heterocycles. The fraction of sp³-hybridized carbons (Fsp3) is 0.500. The summed E-state index contributed by atoms with van der Waals surface area (Å²) >= 11 is 0. The lowest BCUT2D eigenvalue weighted by Gasteiger charge is -2.39. The van der Waals surface area contributed by atoms with E-state index in [0.717, 1.165) is 36.0 Å². The van der Waals surface area contributed by atoms with Crippen molar-refractivity contribution in [2.24, 2.45) is 0 Å². The molecule has 2 aliphatic heterocycles. The van der Waals surface area contributed by atoms with Crippen molar-refractivity contribution in [1.82, 2.24) is 14.7 Å². The molecule has 1 N–H and O–H groups in total. The second-order valence-electron chi connectivity index (χ2n) is 8.44. The summed E-state index contributed by atoms with van der Waals surface area (Å²) in [4.78, 5) is 31.7. The summed E-state index contributed by atoms with van der Waals surface area (Å²) in [5.41, 5.74) is 0.752. The molecule has 3 amide bonds. The lowest BCUT2D eigenvalue weighted by molar-refractivity contribution is -0.139. The average molecular weight is 409 g/mol. The topological polar surface area (TPSA) is 55.9 Å². The quantitative estimate of drug-likeness (QED) is 0.819. The van der Waals surface area contributed by atoms with E-state index in [0.29, 0.717) is 13.1 Å². The van der Waals surface area contributed by atoms with E-state index in [2.05, 4.69) is 10.2 Å². The number of benzene rings is 2. The SMILES string of the molecule is C[C@H]1C(=O)N(CCCN2CCCCC2)CCN1C(=O)Nc1ccc2ccccc2c1. The Labute approximate surface area is 178 Å². The molecule has 2 heterocycles. The van der Waals surface area contributed by atoms with E-state index in [9.17, 15) is 9.59 Å². The number of urea groups is 1. The zero-order chi connectivity index (χ0) is 20.9. The van der Waals surface area contributed by atoms with Crippen LogP contribution in [0.4, 0.5) is 10.5 Å². The zero-order valence-corrected chi connectivity index (χ0v) is 17.8. The first-order valence-corrected chi connectivity index (χ1v) is 11.2. The van der Waals surface area contributed by atoms with Gasteiger partial charge in [0.2, 0.25) is 5.91 Å². The molecule has 0 unspecified atom stereocenters. The third-order valence-electron chi connectivity index (χ3n) is 6.36. The number of carbonyl (C=O) groups excluding carboxylic acids is 2. The maximum absolute atomic E-state index is 12.8. The summed E-state index contributed by atoms with van der Waals surface area (Å²) in [5.74, 6) is 0.0496. The summed E-state index contributed by atoms with van der Waals surface area (Å²) in [6.07, 6.45) is 4.93. The number of hydrogen-bond donors (Lipinski definition) is 1. The molecule has 0 aromatic heterocycles. The maximum Gasteiger partial charge on any atom is 0.322 e. The molecule has 6 heteroatoms. The number of anilines is 1. The largest absolute Gasteiger partial charge is 0.339 e. The van der Waals surface area contributed by atoms with Crippen LogP contribution in [-0.2, 0) is 4.79 Å². The van der Waals surface area contributed by atoms with Crippen LogP contribution < -0.4 is 5.32 Å². The molecule has 1 atom stereocenters. The van der Waals surface area contributed by atoms with E-state index in [1.807, 2.05) is 54.3 Å². The van der Waals surface area contributed by atoms with E-state index in [-0.39, 0.29) is 11.9 Å². The zero-order valence-electron chi connectivity index (χ0n) is 17.8. The molecule has 160 valence electrons. The van der Waals surface area contributed by atoms with Gasteiger partial charge in [0, 0.05) is 25.3 Å². The van der Waals surface area contributed by atoms with Crippen molar-refractivity contribution in [2.45, 2.75) is 38.6 Å². The van der Waals surface area contributed by atoms with Crippen LogP contribution in [0.1, 0.15) is 32.6 Å². The van der Waals surface area contributed by atoms with Gasteiger partial charge in [0.25, 0.3) is 0 Å². The lowest BCUT2D eigenvalue weighted by Crippen LogP contribution is -2.58. The number of nitrogens with zero attached hydrogens (tertiary/aromatic N) is 3. The summed E-state index contributed by atoms with van der Waals surface area (Å²) in [7, 11) is 0. The number of nitrogens with one attached hydrogen (secondary N) is 1. The first-order chi connectivity index (χ1) is 14.6. The van der Waals surface area contributed by atoms with E-state index in [1.165, 1.54) is 32.4 Å². The molecular weight excluding hydrogens is 376 g/mol. The molecule has 0 spiro atoms. The van der Waals surface area contributed by atoms with Gasteiger partial charge in [0.15, 0.2) is 0 Å². The van der Waals surface area contributed by atoms with Crippen LogP contribution in [0.25, 0.3) is 10.8 Å². The molecule has 2 fully saturated rings. The molecule has 4 rings (SSSR count). The Hall–Kier alpha value is -2.60. The van der Waals surface area contributed by atoms with Gasteiger partial charge in [-0.2, -0.15) is 0 Å². The number of hydrogen-bond acceptors (Lipinski definition) is 3. The highest BCUT2D eigenvalue weighted by Crippen LogP contribution is 2.20. The first-order valence-electron chi connectivity index (χ1n) is 11.2. The number of fused-ring (bicyclic) bond motifs is 1. The highest BCUT2D eigenvalue weighted by molar-refractivity contribution is 5.96. The minimum absolute atomic E-state index is 0.0496. The minimum atomic E-state index is -0.436. The van der Waals surface area contributed by atoms with Crippen molar-refractivity contribution in [2.75, 3.05) is 44.6 Å². The fourth-order valence-corrected chi connectivity index (χ4v) is 4.56. The standard InChI is InChI=1S/C24H32N4O2/c1-19-23(29)27(15-7-14-26-12-5-2-6-13-26)16-17-28(19)24(30)25-22-11-10-20-8-3-4-9-21(20)18-22/h3-4,8-11,18-19H,2,5-7,12-17H2,1H3,(H,25,30)/t19-/m0/s1. The Morgan fingerprint density at radius 1 is 0.967 bits per heavy atom. The predicted molar refractivity (Wildman–Crippen MR) is 121 cm³/mol. The molecule has 6 nitrogen and oxygen atoms in total. The molecule has 0 saturated carbocycles. The van der Waals surface area contributed by atoms with Gasteiger partial charge in [-0.25, -0.2) is 4.79 Å². The van der Waals surface area contributed by atoms with Crippen LogP contribution in [0, 0.1) is 0 Å². The number of rotatable bonds is 5. The Balaban J connectivity index is 1.29. The maximum atomic E-state index is 12.8. The minimum Gasteiger partial charge on any atom is -0.339 e. The van der Waals surface area contributed by atoms with Gasteiger partial charge in [-0.15, -0.1) is 0 Å². The third-order valence-corrected chi connectivity index (χ3v) is 6.36. The predicted octanol–water partition coefficient (Wildman–Crippen LogP) is 3.78. The van der Waals surface area contributed by atoms with Crippen molar-refractivity contribution >= 4 is 28.4 Å². The van der Waals surface area contributed by atoms with Gasteiger partial charge in [-0.05, 0) is 68.7 Å². The molecule has 0 aliphatic carbocycles. The molecule has 2 aliphatic rings. The average Bonchev–Trinajstić information content (AvgIpc) is 2.77. The fourth-order valence-electron chi connectivity index (χ4n) is 4.56. The van der Waals surface area contributed by atoms with Gasteiger partial charge in [-0.3, -0.25) is 4.79 Å². The van der Waals surface area contributed by atoms with E-state index < -0.39 is 6.04 Å². The van der Waals surface area contributed by atoms with Crippen molar-refractivity contribution in [1.29, 1.82) is 0 Å². The smallest absolute Gasteiger partial charge is 0.322 e. The van der Waals surface area contributed by atoms with Crippen LogP contribution in [0.3, 0.4) is 0 Å². The van der Waals surface area contributed by atoms with Crippen LogP contribution in [-0.4, -0.2) is 71.9 Å². The highest BCUT2D eigenvalue weighted by atomic mass is 16.2. The third kappa shape index (κ3) is 4.75. The lowest BCUT2D eigenvalue weighted by atomic mass is 10.1. The van der Waals surface area contributed by atoms with E-state index in [4.69, 9.17) is 0 Å².